The van der Waals surface area contributed by atoms with Gasteiger partial charge < -0.3 is 5.73 Å². The summed E-state index contributed by atoms with van der Waals surface area (Å²) in [6, 6.07) is 17.5. The number of aromatic nitrogens is 2. The molecule has 0 radical (unpaired) electrons. The number of amidine groups is 1. The van der Waals surface area contributed by atoms with Crippen LogP contribution in [0.4, 0.5) is 5.69 Å². The second-order valence-electron chi connectivity index (χ2n) is 5.07. The van der Waals surface area contributed by atoms with Crippen LogP contribution >= 0.6 is 11.8 Å². The van der Waals surface area contributed by atoms with Crippen molar-refractivity contribution in [3.8, 4) is 6.07 Å². The molecule has 5 nitrogen and oxygen atoms in total. The van der Waals surface area contributed by atoms with Gasteiger partial charge in [-0.2, -0.15) is 5.26 Å². The zero-order valence-corrected chi connectivity index (χ0v) is 12.8. The quantitative estimate of drug-likeness (QED) is 0.686. The molecule has 1 unspecified atom stereocenters. The highest BCUT2D eigenvalue weighted by Gasteiger charge is 2.26. The first-order valence-electron chi connectivity index (χ1n) is 7.03. The van der Waals surface area contributed by atoms with Crippen LogP contribution in [0.1, 0.15) is 11.6 Å². The maximum absolute atomic E-state index is 9.56. The first-order chi connectivity index (χ1) is 11.3. The molecule has 1 aliphatic heterocycles. The van der Waals surface area contributed by atoms with Gasteiger partial charge in [-0.05, 0) is 24.3 Å². The summed E-state index contributed by atoms with van der Waals surface area (Å²) in [6.45, 7) is 0. The Kier molecular flexibility index (Phi) is 3.21. The van der Waals surface area contributed by atoms with Crippen LogP contribution in [0, 0.1) is 11.3 Å². The topological polar surface area (TPSA) is 88.0 Å². The van der Waals surface area contributed by atoms with Gasteiger partial charge in [-0.1, -0.05) is 36.0 Å². The summed E-state index contributed by atoms with van der Waals surface area (Å²) in [5, 5.41) is 10.3. The Hall–Kier alpha value is -2.91. The molecule has 2 N–H and O–H groups in total. The summed E-state index contributed by atoms with van der Waals surface area (Å²) < 4.78 is 0. The van der Waals surface area contributed by atoms with Crippen molar-refractivity contribution in [3.05, 3.63) is 54.2 Å². The molecule has 0 saturated heterocycles. The molecule has 1 aliphatic rings. The van der Waals surface area contributed by atoms with E-state index in [0.717, 1.165) is 21.6 Å². The highest BCUT2D eigenvalue weighted by Crippen LogP contribution is 2.40. The number of nitrogens with zero attached hydrogens (tertiary/aromatic N) is 4. The predicted octanol–water partition coefficient (Wildman–Crippen LogP) is 3.39. The number of aliphatic imine (C=N–C) groups is 1. The van der Waals surface area contributed by atoms with Crippen LogP contribution < -0.4 is 5.73 Å². The third-order valence-electron chi connectivity index (χ3n) is 3.58. The predicted molar refractivity (Wildman–Crippen MR) is 89.7 cm³/mol. The summed E-state index contributed by atoms with van der Waals surface area (Å²) >= 11 is 1.47. The second-order valence-corrected chi connectivity index (χ2v) is 6.10. The van der Waals surface area contributed by atoms with Crippen LogP contribution in [0.15, 0.2) is 63.4 Å². The highest BCUT2D eigenvalue weighted by atomic mass is 32.2. The number of nitrogens with two attached hydrogens (primary N) is 1. The van der Waals surface area contributed by atoms with Gasteiger partial charge in [0.15, 0.2) is 0 Å². The molecule has 2 aromatic carbocycles. The van der Waals surface area contributed by atoms with Crippen molar-refractivity contribution in [3.63, 3.8) is 0 Å². The fourth-order valence-corrected chi connectivity index (χ4v) is 3.46. The maximum atomic E-state index is 9.56. The number of hydrogen-bond donors (Lipinski definition) is 1. The molecule has 0 fully saturated rings. The molecule has 0 aliphatic carbocycles. The normalized spacial score (nSPS) is 16.5. The summed E-state index contributed by atoms with van der Waals surface area (Å²) in [4.78, 5) is 14.7. The molecule has 110 valence electrons. The van der Waals surface area contributed by atoms with Gasteiger partial charge in [0.2, 0.25) is 0 Å². The molecule has 0 bridgehead atoms. The van der Waals surface area contributed by atoms with Crippen molar-refractivity contribution < 1.29 is 0 Å². The Balaban J connectivity index is 2.03. The lowest BCUT2D eigenvalue weighted by Gasteiger charge is -2.17. The van der Waals surface area contributed by atoms with Gasteiger partial charge in [0.05, 0.1) is 28.5 Å². The fraction of sp³-hybridized carbons (Fsp3) is 0.0588. The lowest BCUT2D eigenvalue weighted by molar-refractivity contribution is 0.936. The van der Waals surface area contributed by atoms with E-state index in [1.165, 1.54) is 11.8 Å². The largest absolute Gasteiger partial charge is 0.386 e. The maximum Gasteiger partial charge on any atom is 0.148 e. The molecular formula is C17H11N5S. The Labute approximate surface area is 136 Å². The second kappa shape index (κ2) is 5.38. The van der Waals surface area contributed by atoms with E-state index in [1.807, 2.05) is 48.5 Å². The van der Waals surface area contributed by atoms with E-state index >= 15 is 0 Å². The van der Waals surface area contributed by atoms with E-state index in [1.54, 1.807) is 0 Å². The Morgan fingerprint density at radius 2 is 1.70 bits per heavy atom. The summed E-state index contributed by atoms with van der Waals surface area (Å²) in [7, 11) is 0. The standard InChI is InChI=1S/C17H11N5S/c18-9-10-15-17(22-12-6-2-1-5-11(12)20-15)23-14-8-4-3-7-13(14)21-16(10)19/h1-8,10H,(H2,19,21). The van der Waals surface area contributed by atoms with E-state index in [2.05, 4.69) is 21.0 Å². The zero-order valence-electron chi connectivity index (χ0n) is 12.0. The van der Waals surface area contributed by atoms with Crippen LogP contribution in [0.2, 0.25) is 0 Å². The molecule has 0 spiro atoms. The average molecular weight is 317 g/mol. The van der Waals surface area contributed by atoms with Crippen LogP contribution in [0.5, 0.6) is 0 Å². The van der Waals surface area contributed by atoms with Gasteiger partial charge in [-0.3, -0.25) is 0 Å². The van der Waals surface area contributed by atoms with Gasteiger partial charge >= 0.3 is 0 Å². The molecule has 4 rings (SSSR count). The SMILES string of the molecule is N#CC1C(N)=Nc2ccccc2Sc2nc3ccccc3nc21. The number of hydrogen-bond acceptors (Lipinski definition) is 6. The molecule has 1 atom stereocenters. The van der Waals surface area contributed by atoms with Crippen molar-refractivity contribution in [2.45, 2.75) is 15.8 Å². The summed E-state index contributed by atoms with van der Waals surface area (Å²) in [6.07, 6.45) is 0. The van der Waals surface area contributed by atoms with Crippen LogP contribution in [-0.4, -0.2) is 15.8 Å². The van der Waals surface area contributed by atoms with E-state index < -0.39 is 5.92 Å². The molecule has 0 amide bonds. The minimum absolute atomic E-state index is 0.242. The smallest absolute Gasteiger partial charge is 0.148 e. The van der Waals surface area contributed by atoms with Crippen molar-refractivity contribution in [2.24, 2.45) is 10.7 Å². The van der Waals surface area contributed by atoms with Crippen molar-refractivity contribution in [1.29, 1.82) is 5.26 Å². The lowest BCUT2D eigenvalue weighted by atomic mass is 10.1. The van der Waals surface area contributed by atoms with E-state index in [9.17, 15) is 5.26 Å². The minimum atomic E-state index is -0.706. The monoisotopic (exact) mass is 317 g/mol. The molecular weight excluding hydrogens is 306 g/mol. The van der Waals surface area contributed by atoms with Gasteiger partial charge in [0.1, 0.15) is 16.8 Å². The Bertz CT molecular complexity index is 990. The van der Waals surface area contributed by atoms with Crippen LogP contribution in [0.3, 0.4) is 0 Å². The highest BCUT2D eigenvalue weighted by molar-refractivity contribution is 7.99. The Morgan fingerprint density at radius 3 is 2.48 bits per heavy atom. The fourth-order valence-electron chi connectivity index (χ4n) is 2.47. The van der Waals surface area contributed by atoms with E-state index in [0.29, 0.717) is 10.7 Å². The number of nitriles is 1. The van der Waals surface area contributed by atoms with Crippen LogP contribution in [-0.2, 0) is 0 Å². The first kappa shape index (κ1) is 13.7. The molecule has 23 heavy (non-hydrogen) atoms. The minimum Gasteiger partial charge on any atom is -0.386 e. The summed E-state index contributed by atoms with van der Waals surface area (Å²) in [5.74, 6) is -0.464. The lowest BCUT2D eigenvalue weighted by Crippen LogP contribution is -2.23. The zero-order chi connectivity index (χ0) is 15.8. The van der Waals surface area contributed by atoms with Crippen molar-refractivity contribution >= 4 is 34.3 Å². The average Bonchev–Trinajstić information content (AvgIpc) is 2.56. The number of rotatable bonds is 0. The van der Waals surface area contributed by atoms with Gasteiger partial charge in [-0.15, -0.1) is 0 Å². The van der Waals surface area contributed by atoms with E-state index in [4.69, 9.17) is 5.73 Å². The molecule has 6 heteroatoms. The molecule has 0 saturated carbocycles. The first-order valence-corrected chi connectivity index (χ1v) is 7.85. The Morgan fingerprint density at radius 1 is 1.00 bits per heavy atom. The third-order valence-corrected chi connectivity index (χ3v) is 4.64. The van der Waals surface area contributed by atoms with Gasteiger partial charge in [-0.25, -0.2) is 15.0 Å². The van der Waals surface area contributed by atoms with Gasteiger partial charge in [0, 0.05) is 4.90 Å². The number of para-hydroxylation sites is 3. The van der Waals surface area contributed by atoms with E-state index in [-0.39, 0.29) is 5.84 Å². The molecule has 3 aromatic rings. The number of benzene rings is 2. The van der Waals surface area contributed by atoms with Crippen molar-refractivity contribution in [1.82, 2.24) is 9.97 Å². The molecule has 2 heterocycles. The third kappa shape index (κ3) is 2.31. The number of fused-ring (bicyclic) bond motifs is 3. The molecule has 1 aromatic heterocycles. The van der Waals surface area contributed by atoms with Gasteiger partial charge in [0.25, 0.3) is 0 Å². The summed E-state index contributed by atoms with van der Waals surface area (Å²) in [5.41, 5.74) is 8.93. The van der Waals surface area contributed by atoms with Crippen molar-refractivity contribution in [2.75, 3.05) is 0 Å². The van der Waals surface area contributed by atoms with Crippen LogP contribution in [0.25, 0.3) is 11.0 Å².